The maximum absolute atomic E-state index is 10.1. The molecule has 0 unspecified atom stereocenters. The van der Waals surface area contributed by atoms with Crippen LogP contribution in [0.3, 0.4) is 0 Å². The minimum Gasteiger partial charge on any atom is -0.394 e. The minimum atomic E-state index is -1.05. The molecule has 0 aliphatic carbocycles. The van der Waals surface area contributed by atoms with Crippen molar-refractivity contribution < 1.29 is 24.8 Å². The lowest BCUT2D eigenvalue weighted by Crippen LogP contribution is -2.41. The van der Waals surface area contributed by atoms with Crippen LogP contribution in [-0.4, -0.2) is 59.6 Å². The Kier molecular flexibility index (Phi) is 17.7. The zero-order chi connectivity index (χ0) is 21.9. The lowest BCUT2D eigenvalue weighted by molar-refractivity contribution is -0.0730. The predicted molar refractivity (Wildman–Crippen MR) is 123 cm³/mol. The number of hydrogen-bond acceptors (Lipinski definition) is 5. The molecule has 1 fully saturated rings. The molecule has 4 atom stereocenters. The van der Waals surface area contributed by atoms with Gasteiger partial charge in [0.05, 0.1) is 13.2 Å². The van der Waals surface area contributed by atoms with Gasteiger partial charge in [0, 0.05) is 6.61 Å². The second-order valence-electron chi connectivity index (χ2n) is 8.74. The SMILES string of the molecule is CCCCCCCCCCCC/C=C/CCCCCO[C@@H]1CO[C@H]([C@@H](O)CO)[C@@H]1O. The van der Waals surface area contributed by atoms with Crippen molar-refractivity contribution in [2.24, 2.45) is 0 Å². The summed E-state index contributed by atoms with van der Waals surface area (Å²) < 4.78 is 11.0. The Hall–Kier alpha value is -0.460. The van der Waals surface area contributed by atoms with E-state index in [1.54, 1.807) is 0 Å². The van der Waals surface area contributed by atoms with Gasteiger partial charge in [-0.2, -0.15) is 0 Å². The number of allylic oxidation sites excluding steroid dienone is 2. The van der Waals surface area contributed by atoms with Crippen molar-refractivity contribution in [3.63, 3.8) is 0 Å². The molecule has 1 aliphatic rings. The highest BCUT2D eigenvalue weighted by Crippen LogP contribution is 2.20. The van der Waals surface area contributed by atoms with E-state index in [4.69, 9.17) is 14.6 Å². The molecule has 1 saturated heterocycles. The molecular weight excluding hydrogens is 380 g/mol. The van der Waals surface area contributed by atoms with Crippen molar-refractivity contribution in [1.29, 1.82) is 0 Å². The topological polar surface area (TPSA) is 79.2 Å². The molecular formula is C25H48O5. The van der Waals surface area contributed by atoms with E-state index in [0.29, 0.717) is 6.61 Å². The van der Waals surface area contributed by atoms with Gasteiger partial charge in [-0.25, -0.2) is 0 Å². The fourth-order valence-corrected chi connectivity index (χ4v) is 3.97. The summed E-state index contributed by atoms with van der Waals surface area (Å²) in [6.07, 6.45) is 21.0. The van der Waals surface area contributed by atoms with Crippen molar-refractivity contribution >= 4 is 0 Å². The second kappa shape index (κ2) is 19.2. The average Bonchev–Trinajstić information content (AvgIpc) is 3.12. The van der Waals surface area contributed by atoms with Crippen LogP contribution in [0, 0.1) is 0 Å². The van der Waals surface area contributed by atoms with Crippen LogP contribution in [0.15, 0.2) is 12.2 Å². The van der Waals surface area contributed by atoms with Gasteiger partial charge in [0.15, 0.2) is 0 Å². The van der Waals surface area contributed by atoms with Crippen LogP contribution in [0.5, 0.6) is 0 Å². The normalized spacial score (nSPS) is 22.9. The van der Waals surface area contributed by atoms with E-state index in [1.165, 1.54) is 70.6 Å². The molecule has 0 saturated carbocycles. The molecule has 0 aromatic heterocycles. The first-order valence-electron chi connectivity index (χ1n) is 12.6. The van der Waals surface area contributed by atoms with Gasteiger partial charge in [-0.3, -0.25) is 0 Å². The van der Waals surface area contributed by atoms with E-state index >= 15 is 0 Å². The molecule has 1 rings (SSSR count). The van der Waals surface area contributed by atoms with Gasteiger partial charge in [0.1, 0.15) is 24.4 Å². The summed E-state index contributed by atoms with van der Waals surface area (Å²) in [5.74, 6) is 0. The minimum absolute atomic E-state index is 0.268. The molecule has 0 aromatic rings. The fraction of sp³-hybridized carbons (Fsp3) is 0.920. The third kappa shape index (κ3) is 13.1. The Bertz CT molecular complexity index is 401. The van der Waals surface area contributed by atoms with Crippen LogP contribution in [0.25, 0.3) is 0 Å². The second-order valence-corrected chi connectivity index (χ2v) is 8.74. The van der Waals surface area contributed by atoms with Gasteiger partial charge in [0.2, 0.25) is 0 Å². The first-order chi connectivity index (χ1) is 14.7. The van der Waals surface area contributed by atoms with Crippen molar-refractivity contribution in [2.45, 2.75) is 128 Å². The number of aliphatic hydroxyl groups excluding tert-OH is 3. The van der Waals surface area contributed by atoms with Gasteiger partial charge in [-0.1, -0.05) is 83.3 Å². The standard InChI is InChI=1S/C25H48O5/c1-2-3-4-5-6-7-8-9-10-11-12-13-14-15-16-17-18-19-29-23-21-30-25(24(23)28)22(27)20-26/h13-14,22-28H,2-12,15-21H2,1H3/b14-13+/t22-,23+,24+,25+/m0/s1. The van der Waals surface area contributed by atoms with Gasteiger partial charge >= 0.3 is 0 Å². The summed E-state index contributed by atoms with van der Waals surface area (Å²) >= 11 is 0. The molecule has 0 aromatic carbocycles. The first-order valence-corrected chi connectivity index (χ1v) is 12.6. The van der Waals surface area contributed by atoms with Crippen molar-refractivity contribution in [3.05, 3.63) is 12.2 Å². The Morgan fingerprint density at radius 2 is 1.40 bits per heavy atom. The van der Waals surface area contributed by atoms with E-state index in [1.807, 2.05) is 0 Å². The Balaban J connectivity index is 1.82. The smallest absolute Gasteiger partial charge is 0.114 e. The summed E-state index contributed by atoms with van der Waals surface area (Å²) in [7, 11) is 0. The monoisotopic (exact) mass is 428 g/mol. The lowest BCUT2D eigenvalue weighted by atomic mass is 10.1. The van der Waals surface area contributed by atoms with Crippen LogP contribution < -0.4 is 0 Å². The van der Waals surface area contributed by atoms with Gasteiger partial charge in [0.25, 0.3) is 0 Å². The summed E-state index contributed by atoms with van der Waals surface area (Å²) in [6.45, 7) is 2.72. The predicted octanol–water partition coefficient (Wildman–Crippen LogP) is 4.91. The van der Waals surface area contributed by atoms with Gasteiger partial charge in [-0.05, 0) is 32.1 Å². The third-order valence-corrected chi connectivity index (χ3v) is 5.97. The van der Waals surface area contributed by atoms with Gasteiger partial charge in [-0.15, -0.1) is 0 Å². The molecule has 178 valence electrons. The number of aliphatic hydroxyl groups is 3. The number of rotatable bonds is 20. The lowest BCUT2D eigenvalue weighted by Gasteiger charge is -2.20. The number of ether oxygens (including phenoxy) is 2. The fourth-order valence-electron chi connectivity index (χ4n) is 3.97. The molecule has 3 N–H and O–H groups in total. The van der Waals surface area contributed by atoms with E-state index in [-0.39, 0.29) is 6.61 Å². The van der Waals surface area contributed by atoms with E-state index in [2.05, 4.69) is 19.1 Å². The summed E-state index contributed by atoms with van der Waals surface area (Å²) in [5.41, 5.74) is 0. The van der Waals surface area contributed by atoms with Crippen molar-refractivity contribution in [1.82, 2.24) is 0 Å². The van der Waals surface area contributed by atoms with Crippen LogP contribution in [0.2, 0.25) is 0 Å². The van der Waals surface area contributed by atoms with E-state index in [0.717, 1.165) is 25.7 Å². The quantitative estimate of drug-likeness (QED) is 0.190. The molecule has 0 spiro atoms. The average molecular weight is 429 g/mol. The molecule has 30 heavy (non-hydrogen) atoms. The highest BCUT2D eigenvalue weighted by molar-refractivity contribution is 4.88. The van der Waals surface area contributed by atoms with Crippen LogP contribution in [-0.2, 0) is 9.47 Å². The maximum Gasteiger partial charge on any atom is 0.114 e. The van der Waals surface area contributed by atoms with Crippen molar-refractivity contribution in [2.75, 3.05) is 19.8 Å². The van der Waals surface area contributed by atoms with E-state index in [9.17, 15) is 10.2 Å². The maximum atomic E-state index is 10.1. The number of hydrogen-bond donors (Lipinski definition) is 3. The Labute approximate surface area is 184 Å². The highest BCUT2D eigenvalue weighted by Gasteiger charge is 2.40. The van der Waals surface area contributed by atoms with Crippen LogP contribution in [0.4, 0.5) is 0 Å². The summed E-state index contributed by atoms with van der Waals surface area (Å²) in [6, 6.07) is 0. The Morgan fingerprint density at radius 3 is 1.97 bits per heavy atom. The molecule has 1 aliphatic heterocycles. The summed E-state index contributed by atoms with van der Waals surface area (Å²) in [5, 5.41) is 28.6. The Morgan fingerprint density at radius 1 is 0.867 bits per heavy atom. The number of unbranched alkanes of at least 4 members (excludes halogenated alkanes) is 13. The summed E-state index contributed by atoms with van der Waals surface area (Å²) in [4.78, 5) is 0. The molecule has 0 radical (unpaired) electrons. The largest absolute Gasteiger partial charge is 0.394 e. The molecule has 0 bridgehead atoms. The third-order valence-electron chi connectivity index (χ3n) is 5.97. The molecule has 5 heteroatoms. The van der Waals surface area contributed by atoms with Gasteiger partial charge < -0.3 is 24.8 Å². The zero-order valence-corrected chi connectivity index (χ0v) is 19.4. The highest BCUT2D eigenvalue weighted by atomic mass is 16.6. The van der Waals surface area contributed by atoms with Crippen molar-refractivity contribution in [3.8, 4) is 0 Å². The van der Waals surface area contributed by atoms with Crippen LogP contribution in [0.1, 0.15) is 103 Å². The molecule has 5 nitrogen and oxygen atoms in total. The molecule has 0 amide bonds. The van der Waals surface area contributed by atoms with Crippen LogP contribution >= 0.6 is 0 Å². The zero-order valence-electron chi connectivity index (χ0n) is 19.4. The molecule has 1 heterocycles. The first kappa shape index (κ1) is 27.6. The van der Waals surface area contributed by atoms with E-state index < -0.39 is 31.0 Å².